The summed E-state index contributed by atoms with van der Waals surface area (Å²) in [5.41, 5.74) is 1.15. The largest absolute Gasteiger partial charge is 0.494 e. The molecule has 2 atom stereocenters. The van der Waals surface area contributed by atoms with Crippen molar-refractivity contribution >= 4 is 5.82 Å². The first-order chi connectivity index (χ1) is 14.5. The highest BCUT2D eigenvalue weighted by atomic mass is 16.5. The predicted octanol–water partition coefficient (Wildman–Crippen LogP) is 2.72. The van der Waals surface area contributed by atoms with Gasteiger partial charge >= 0.3 is 0 Å². The van der Waals surface area contributed by atoms with Crippen LogP contribution in [0.15, 0.2) is 17.1 Å². The fourth-order valence-corrected chi connectivity index (χ4v) is 4.74. The first kappa shape index (κ1) is 20.5. The van der Waals surface area contributed by atoms with Gasteiger partial charge in [-0.25, -0.2) is 0 Å². The molecule has 3 heterocycles. The molecule has 1 saturated heterocycles. The standard InChI is InChI=1S/C22H29N5O3/c1-15-6-4-5-7-19(15)27-14-17(21(29-3)16(13-23)22(27)28)18-12-20(25(2)24-18)26-8-10-30-11-9-26/h12,14-15,19H,4-11H2,1-3H3. The van der Waals surface area contributed by atoms with E-state index < -0.39 is 0 Å². The van der Waals surface area contributed by atoms with Crippen molar-refractivity contribution in [1.82, 2.24) is 14.3 Å². The third-order valence-corrected chi connectivity index (χ3v) is 6.39. The number of ether oxygens (including phenoxy) is 2. The zero-order valence-electron chi connectivity index (χ0n) is 17.9. The molecule has 0 N–H and O–H groups in total. The number of rotatable bonds is 4. The van der Waals surface area contributed by atoms with E-state index in [2.05, 4.69) is 17.9 Å². The van der Waals surface area contributed by atoms with Gasteiger partial charge in [0.15, 0.2) is 11.3 Å². The van der Waals surface area contributed by atoms with Crippen LogP contribution in [0, 0.1) is 17.2 Å². The van der Waals surface area contributed by atoms with Crippen LogP contribution in [0.4, 0.5) is 5.82 Å². The lowest BCUT2D eigenvalue weighted by molar-refractivity contribution is 0.122. The van der Waals surface area contributed by atoms with E-state index in [1.165, 1.54) is 13.5 Å². The molecule has 0 spiro atoms. The van der Waals surface area contributed by atoms with E-state index in [9.17, 15) is 10.1 Å². The van der Waals surface area contributed by atoms with Crippen molar-refractivity contribution in [2.75, 3.05) is 38.3 Å². The minimum Gasteiger partial charge on any atom is -0.494 e. The number of nitriles is 1. The highest BCUT2D eigenvalue weighted by Gasteiger charge is 2.28. The smallest absolute Gasteiger partial charge is 0.272 e. The Morgan fingerprint density at radius 3 is 2.67 bits per heavy atom. The Bertz CT molecular complexity index is 1010. The number of aromatic nitrogens is 3. The second-order valence-corrected chi connectivity index (χ2v) is 8.22. The van der Waals surface area contributed by atoms with E-state index in [4.69, 9.17) is 14.6 Å². The minimum atomic E-state index is -0.277. The molecule has 1 aliphatic heterocycles. The Hall–Kier alpha value is -2.79. The number of morpholine rings is 1. The van der Waals surface area contributed by atoms with Crippen molar-refractivity contribution in [3.63, 3.8) is 0 Å². The summed E-state index contributed by atoms with van der Waals surface area (Å²) in [4.78, 5) is 15.4. The average Bonchev–Trinajstić information content (AvgIpc) is 3.16. The molecule has 2 aromatic heterocycles. The normalized spacial score (nSPS) is 22.0. The molecule has 4 rings (SSSR count). The van der Waals surface area contributed by atoms with Gasteiger partial charge in [0, 0.05) is 38.4 Å². The quantitative estimate of drug-likeness (QED) is 0.769. The third kappa shape index (κ3) is 3.58. The number of hydrogen-bond donors (Lipinski definition) is 0. The fraction of sp³-hybridized carbons (Fsp3) is 0.591. The van der Waals surface area contributed by atoms with Gasteiger partial charge in [-0.05, 0) is 18.8 Å². The Balaban J connectivity index is 1.84. The molecule has 0 aromatic carbocycles. The van der Waals surface area contributed by atoms with E-state index in [-0.39, 0.29) is 17.2 Å². The van der Waals surface area contributed by atoms with Crippen LogP contribution in [0.2, 0.25) is 0 Å². The van der Waals surface area contributed by atoms with Gasteiger partial charge in [-0.15, -0.1) is 0 Å². The summed E-state index contributed by atoms with van der Waals surface area (Å²) in [6.07, 6.45) is 6.16. The molecular weight excluding hydrogens is 382 g/mol. The van der Waals surface area contributed by atoms with Crippen molar-refractivity contribution in [3.8, 4) is 23.1 Å². The first-order valence-electron chi connectivity index (χ1n) is 10.7. The molecular formula is C22H29N5O3. The van der Waals surface area contributed by atoms with Crippen LogP contribution >= 0.6 is 0 Å². The van der Waals surface area contributed by atoms with Gasteiger partial charge in [0.05, 0.1) is 31.6 Å². The lowest BCUT2D eigenvalue weighted by Gasteiger charge is -2.31. The molecule has 2 unspecified atom stereocenters. The van der Waals surface area contributed by atoms with Crippen molar-refractivity contribution in [3.05, 3.63) is 28.2 Å². The third-order valence-electron chi connectivity index (χ3n) is 6.39. The summed E-state index contributed by atoms with van der Waals surface area (Å²) in [5, 5.41) is 14.5. The molecule has 0 bridgehead atoms. The zero-order valence-corrected chi connectivity index (χ0v) is 17.9. The van der Waals surface area contributed by atoms with Gasteiger partial charge in [-0.3, -0.25) is 9.48 Å². The molecule has 30 heavy (non-hydrogen) atoms. The van der Waals surface area contributed by atoms with E-state index >= 15 is 0 Å². The van der Waals surface area contributed by atoms with Crippen molar-refractivity contribution in [1.29, 1.82) is 5.26 Å². The Kier molecular flexibility index (Phi) is 5.82. The van der Waals surface area contributed by atoms with E-state index in [1.807, 2.05) is 24.0 Å². The zero-order chi connectivity index (χ0) is 21.3. The molecule has 160 valence electrons. The SMILES string of the molecule is COc1c(-c2cc(N3CCOCC3)n(C)n2)cn(C2CCCCC2C)c(=O)c1C#N. The fourth-order valence-electron chi connectivity index (χ4n) is 4.74. The second-order valence-electron chi connectivity index (χ2n) is 8.22. The molecule has 0 radical (unpaired) electrons. The van der Waals surface area contributed by atoms with Gasteiger partial charge in [0.2, 0.25) is 0 Å². The molecule has 8 nitrogen and oxygen atoms in total. The Morgan fingerprint density at radius 1 is 1.27 bits per heavy atom. The number of anilines is 1. The maximum atomic E-state index is 13.1. The summed E-state index contributed by atoms with van der Waals surface area (Å²) < 4.78 is 14.6. The summed E-state index contributed by atoms with van der Waals surface area (Å²) in [6, 6.07) is 4.18. The monoisotopic (exact) mass is 411 g/mol. The number of aryl methyl sites for hydroxylation is 1. The van der Waals surface area contributed by atoms with Gasteiger partial charge in [-0.2, -0.15) is 10.4 Å². The summed E-state index contributed by atoms with van der Waals surface area (Å²) in [6.45, 7) is 5.17. The maximum Gasteiger partial charge on any atom is 0.272 e. The highest BCUT2D eigenvalue weighted by molar-refractivity contribution is 5.72. The Morgan fingerprint density at radius 2 is 2.00 bits per heavy atom. The molecule has 8 heteroatoms. The van der Waals surface area contributed by atoms with Gasteiger partial charge in [0.25, 0.3) is 5.56 Å². The highest BCUT2D eigenvalue weighted by Crippen LogP contribution is 2.37. The lowest BCUT2D eigenvalue weighted by Crippen LogP contribution is -2.37. The first-order valence-corrected chi connectivity index (χ1v) is 10.7. The van der Waals surface area contributed by atoms with Gasteiger partial charge < -0.3 is 18.9 Å². The van der Waals surface area contributed by atoms with Crippen LogP contribution < -0.4 is 15.2 Å². The number of methoxy groups -OCH3 is 1. The van der Waals surface area contributed by atoms with E-state index in [0.29, 0.717) is 36.1 Å². The second kappa shape index (κ2) is 8.52. The molecule has 2 aliphatic rings. The van der Waals surface area contributed by atoms with Crippen LogP contribution in [0.5, 0.6) is 5.75 Å². The van der Waals surface area contributed by atoms with Crippen molar-refractivity contribution < 1.29 is 9.47 Å². The summed E-state index contributed by atoms with van der Waals surface area (Å²) >= 11 is 0. The van der Waals surface area contributed by atoms with Crippen molar-refractivity contribution in [2.24, 2.45) is 13.0 Å². The van der Waals surface area contributed by atoms with Crippen LogP contribution in [-0.4, -0.2) is 47.8 Å². The van der Waals surface area contributed by atoms with Crippen LogP contribution in [0.1, 0.15) is 44.2 Å². The van der Waals surface area contributed by atoms with Crippen LogP contribution in [0.3, 0.4) is 0 Å². The molecule has 1 saturated carbocycles. The van der Waals surface area contributed by atoms with Crippen LogP contribution in [-0.2, 0) is 11.8 Å². The van der Waals surface area contributed by atoms with Gasteiger partial charge in [0.1, 0.15) is 11.9 Å². The topological polar surface area (TPSA) is 85.3 Å². The predicted molar refractivity (Wildman–Crippen MR) is 114 cm³/mol. The van der Waals surface area contributed by atoms with Gasteiger partial charge in [-0.1, -0.05) is 19.8 Å². The molecule has 1 aliphatic carbocycles. The molecule has 0 amide bonds. The average molecular weight is 412 g/mol. The minimum absolute atomic E-state index is 0.0475. The van der Waals surface area contributed by atoms with Crippen molar-refractivity contribution in [2.45, 2.75) is 38.6 Å². The lowest BCUT2D eigenvalue weighted by atomic mass is 9.85. The van der Waals surface area contributed by atoms with Crippen LogP contribution in [0.25, 0.3) is 11.3 Å². The number of pyridine rings is 1. The molecule has 2 aromatic rings. The summed E-state index contributed by atoms with van der Waals surface area (Å²) in [7, 11) is 3.41. The summed E-state index contributed by atoms with van der Waals surface area (Å²) in [5.74, 6) is 1.67. The van der Waals surface area contributed by atoms with E-state index in [0.717, 1.165) is 38.2 Å². The Labute approximate surface area is 176 Å². The van der Waals surface area contributed by atoms with E-state index in [1.54, 1.807) is 4.57 Å². The molecule has 2 fully saturated rings. The number of nitrogens with zero attached hydrogens (tertiary/aromatic N) is 5. The maximum absolute atomic E-state index is 13.1. The number of hydrogen-bond acceptors (Lipinski definition) is 6.